The highest BCUT2D eigenvalue weighted by Crippen LogP contribution is 2.45. The Morgan fingerprint density at radius 1 is 0.400 bits per heavy atom. The largest absolute Gasteiger partial charge is 0.504 e. The molecule has 0 fully saturated rings. The molecule has 236 valence electrons. The number of fused-ring (bicyclic) bond motifs is 8. The second kappa shape index (κ2) is 11.1. The van der Waals surface area contributed by atoms with Gasteiger partial charge in [0.05, 0.1) is 5.69 Å². The first kappa shape index (κ1) is 28.3. The van der Waals surface area contributed by atoms with Crippen molar-refractivity contribution in [1.82, 2.24) is 0 Å². The molecule has 50 heavy (non-hydrogen) atoms. The number of anilines is 3. The molecule has 2 heterocycles. The van der Waals surface area contributed by atoms with Crippen LogP contribution in [0.4, 0.5) is 17.1 Å². The minimum Gasteiger partial charge on any atom is -0.504 e. The number of rotatable bonds is 5. The van der Waals surface area contributed by atoms with Gasteiger partial charge >= 0.3 is 0 Å². The van der Waals surface area contributed by atoms with Crippen molar-refractivity contribution in [2.24, 2.45) is 0 Å². The average Bonchev–Trinajstić information content (AvgIpc) is 3.76. The van der Waals surface area contributed by atoms with E-state index < -0.39 is 0 Å². The van der Waals surface area contributed by atoms with Crippen molar-refractivity contribution in [1.29, 1.82) is 0 Å². The Bertz CT molecular complexity index is 2860. The Labute approximate surface area is 287 Å². The van der Waals surface area contributed by atoms with E-state index in [0.717, 1.165) is 82.8 Å². The Hall–Kier alpha value is -6.78. The van der Waals surface area contributed by atoms with Gasteiger partial charge in [-0.2, -0.15) is 0 Å². The van der Waals surface area contributed by atoms with E-state index in [2.05, 4.69) is 138 Å². The van der Waals surface area contributed by atoms with E-state index in [1.165, 1.54) is 5.56 Å². The van der Waals surface area contributed by atoms with Gasteiger partial charge in [0.15, 0.2) is 16.9 Å². The number of hydrogen-bond acceptors (Lipinski definition) is 4. The van der Waals surface area contributed by atoms with E-state index in [0.29, 0.717) is 5.58 Å². The molecule has 0 saturated heterocycles. The number of phenolic OH excluding ortho intramolecular Hbond substituents is 1. The molecule has 2 aromatic heterocycles. The number of nitrogens with zero attached hydrogens (tertiary/aromatic N) is 1. The topological polar surface area (TPSA) is 49.8 Å². The van der Waals surface area contributed by atoms with Crippen LogP contribution in [0, 0.1) is 0 Å². The summed E-state index contributed by atoms with van der Waals surface area (Å²) in [4.78, 5) is 2.28. The van der Waals surface area contributed by atoms with Gasteiger partial charge in [0.25, 0.3) is 0 Å². The number of furan rings is 2. The number of benzene rings is 8. The minimum absolute atomic E-state index is 0.140. The van der Waals surface area contributed by atoms with E-state index in [-0.39, 0.29) is 5.75 Å². The van der Waals surface area contributed by atoms with Crippen molar-refractivity contribution >= 4 is 71.7 Å². The van der Waals surface area contributed by atoms with Crippen molar-refractivity contribution in [3.8, 4) is 28.0 Å². The van der Waals surface area contributed by atoms with Gasteiger partial charge in [-0.3, -0.25) is 0 Å². The lowest BCUT2D eigenvalue weighted by Crippen LogP contribution is -2.10. The first-order chi connectivity index (χ1) is 24.7. The molecule has 4 nitrogen and oxygen atoms in total. The minimum atomic E-state index is 0.140. The quantitative estimate of drug-likeness (QED) is 0.203. The predicted octanol–water partition coefficient (Wildman–Crippen LogP) is 13.1. The normalized spacial score (nSPS) is 11.7. The van der Waals surface area contributed by atoms with Crippen LogP contribution < -0.4 is 4.90 Å². The molecule has 0 bridgehead atoms. The van der Waals surface area contributed by atoms with Crippen molar-refractivity contribution in [2.45, 2.75) is 0 Å². The van der Waals surface area contributed by atoms with Gasteiger partial charge in [0, 0.05) is 38.3 Å². The molecule has 1 N–H and O–H groups in total. The maximum atomic E-state index is 10.5. The Kier molecular flexibility index (Phi) is 6.30. The van der Waals surface area contributed by atoms with Crippen LogP contribution in [0.5, 0.6) is 5.75 Å². The molecule has 0 amide bonds. The van der Waals surface area contributed by atoms with Crippen molar-refractivity contribution < 1.29 is 13.9 Å². The predicted molar refractivity (Wildman–Crippen MR) is 206 cm³/mol. The first-order valence-electron chi connectivity index (χ1n) is 16.7. The monoisotopic (exact) mass is 643 g/mol. The first-order valence-corrected chi connectivity index (χ1v) is 16.7. The van der Waals surface area contributed by atoms with Gasteiger partial charge in [-0.05, 0) is 76.2 Å². The van der Waals surface area contributed by atoms with Crippen LogP contribution in [0.1, 0.15) is 0 Å². The summed E-state index contributed by atoms with van der Waals surface area (Å²) in [6.07, 6.45) is 0. The molecule has 0 aliphatic carbocycles. The van der Waals surface area contributed by atoms with E-state index >= 15 is 0 Å². The van der Waals surface area contributed by atoms with Crippen LogP contribution in [0.15, 0.2) is 179 Å². The van der Waals surface area contributed by atoms with Gasteiger partial charge in [-0.15, -0.1) is 0 Å². The Morgan fingerprint density at radius 2 is 1.04 bits per heavy atom. The molecule has 0 spiro atoms. The number of para-hydroxylation sites is 2. The summed E-state index contributed by atoms with van der Waals surface area (Å²) in [7, 11) is 0. The maximum absolute atomic E-state index is 10.5. The molecule has 0 radical (unpaired) electrons. The van der Waals surface area contributed by atoms with Gasteiger partial charge in [-0.25, -0.2) is 0 Å². The van der Waals surface area contributed by atoms with Gasteiger partial charge in [0.2, 0.25) is 0 Å². The smallest absolute Gasteiger partial charge is 0.177 e. The molecule has 8 aromatic carbocycles. The van der Waals surface area contributed by atoms with Crippen LogP contribution in [-0.4, -0.2) is 5.11 Å². The fourth-order valence-corrected chi connectivity index (χ4v) is 7.41. The summed E-state index contributed by atoms with van der Waals surface area (Å²) in [5.41, 5.74) is 10.4. The summed E-state index contributed by atoms with van der Waals surface area (Å²) in [6.45, 7) is 0. The summed E-state index contributed by atoms with van der Waals surface area (Å²) in [5, 5.41) is 16.8. The molecule has 0 atom stereocenters. The average molecular weight is 644 g/mol. The fraction of sp³-hybridized carbons (Fsp3) is 0. The molecular formula is C46H29NO3. The lowest BCUT2D eigenvalue weighted by Gasteiger charge is -2.26. The standard InChI is InChI=1S/C46H29NO3/c48-41-17-7-15-39-43-35(13-8-18-42(43)49-46(39)41)32-21-26-34(27-22-32)47(33-24-19-30(20-25-33)29-9-2-1-3-10-29)40-16-6-14-37-38-28-23-31-11-4-5-12-36(31)44(38)50-45(37)40/h1-28,48H. The number of aromatic hydroxyl groups is 1. The second-order valence-corrected chi connectivity index (χ2v) is 12.6. The summed E-state index contributed by atoms with van der Waals surface area (Å²) in [5.74, 6) is 0.140. The zero-order chi connectivity index (χ0) is 33.2. The highest BCUT2D eigenvalue weighted by molar-refractivity contribution is 6.18. The van der Waals surface area contributed by atoms with Crippen LogP contribution in [0.3, 0.4) is 0 Å². The van der Waals surface area contributed by atoms with Gasteiger partial charge < -0.3 is 18.8 Å². The van der Waals surface area contributed by atoms with E-state index in [1.54, 1.807) is 6.07 Å². The van der Waals surface area contributed by atoms with Crippen molar-refractivity contribution in [3.63, 3.8) is 0 Å². The van der Waals surface area contributed by atoms with Crippen LogP contribution in [0.25, 0.3) is 76.9 Å². The summed E-state index contributed by atoms with van der Waals surface area (Å²) >= 11 is 0. The van der Waals surface area contributed by atoms with Crippen LogP contribution in [-0.2, 0) is 0 Å². The second-order valence-electron chi connectivity index (χ2n) is 12.6. The third-order valence-corrected chi connectivity index (χ3v) is 9.78. The maximum Gasteiger partial charge on any atom is 0.177 e. The highest BCUT2D eigenvalue weighted by atomic mass is 16.4. The molecule has 10 aromatic rings. The number of phenols is 1. The molecule has 0 aliphatic rings. The molecule has 0 aliphatic heterocycles. The molecule has 10 rings (SSSR count). The summed E-state index contributed by atoms with van der Waals surface area (Å²) in [6, 6.07) is 58.5. The molecule has 4 heteroatoms. The molecular weight excluding hydrogens is 615 g/mol. The number of hydrogen-bond donors (Lipinski definition) is 1. The van der Waals surface area contributed by atoms with E-state index in [9.17, 15) is 5.11 Å². The van der Waals surface area contributed by atoms with Crippen LogP contribution in [0.2, 0.25) is 0 Å². The third-order valence-electron chi connectivity index (χ3n) is 9.78. The van der Waals surface area contributed by atoms with Gasteiger partial charge in [0.1, 0.15) is 11.2 Å². The van der Waals surface area contributed by atoms with E-state index in [4.69, 9.17) is 8.83 Å². The van der Waals surface area contributed by atoms with Gasteiger partial charge in [-0.1, -0.05) is 121 Å². The highest BCUT2D eigenvalue weighted by Gasteiger charge is 2.21. The van der Waals surface area contributed by atoms with Crippen LogP contribution >= 0.6 is 0 Å². The lowest BCUT2D eigenvalue weighted by molar-refractivity contribution is 0.469. The summed E-state index contributed by atoms with van der Waals surface area (Å²) < 4.78 is 12.9. The fourth-order valence-electron chi connectivity index (χ4n) is 7.41. The molecule has 0 unspecified atom stereocenters. The van der Waals surface area contributed by atoms with E-state index in [1.807, 2.05) is 30.3 Å². The Morgan fingerprint density at radius 3 is 1.86 bits per heavy atom. The molecule has 0 saturated carbocycles. The third kappa shape index (κ3) is 4.39. The lowest BCUT2D eigenvalue weighted by atomic mass is 9.99. The zero-order valence-electron chi connectivity index (χ0n) is 26.9. The van der Waals surface area contributed by atoms with Crippen molar-refractivity contribution in [3.05, 3.63) is 170 Å². The zero-order valence-corrected chi connectivity index (χ0v) is 26.9. The SMILES string of the molecule is Oc1cccc2c1oc1cccc(-c3ccc(N(c4ccc(-c5ccccc5)cc4)c4cccc5c4oc4c6ccccc6ccc54)cc3)c12. The van der Waals surface area contributed by atoms with Crippen molar-refractivity contribution in [2.75, 3.05) is 4.90 Å². The Balaban J connectivity index is 1.15.